The molecule has 7 nitrogen and oxygen atoms in total. The Labute approximate surface area is 182 Å². The number of furan rings is 1. The van der Waals surface area contributed by atoms with Gasteiger partial charge in [-0.3, -0.25) is 14.3 Å². The van der Waals surface area contributed by atoms with Crippen molar-refractivity contribution >= 4 is 35.0 Å². The molecule has 3 heterocycles. The first-order chi connectivity index (χ1) is 14.6. The van der Waals surface area contributed by atoms with Gasteiger partial charge in [0, 0.05) is 28.7 Å². The van der Waals surface area contributed by atoms with Gasteiger partial charge in [-0.15, -0.1) is 10.2 Å². The lowest BCUT2D eigenvalue weighted by atomic mass is 10.2. The van der Waals surface area contributed by atoms with Crippen LogP contribution in [0.4, 0.5) is 5.69 Å². The van der Waals surface area contributed by atoms with Crippen LogP contribution in [0.5, 0.6) is 0 Å². The first-order valence-corrected chi connectivity index (χ1v) is 10.4. The largest absolute Gasteiger partial charge is 0.467 e. The summed E-state index contributed by atoms with van der Waals surface area (Å²) in [4.78, 5) is 16.8. The first-order valence-electron chi connectivity index (χ1n) is 9.19. The molecule has 0 unspecified atom stereocenters. The number of amides is 1. The minimum Gasteiger partial charge on any atom is -0.467 e. The Balaban J connectivity index is 1.56. The standard InChI is InChI=1S/C21H18ClN5O2S/c1-14(20(28)24-17-8-6-16(22)7-9-17)30-21-26-25-19(15-4-2-10-23-12-15)27(21)13-18-5-3-11-29-18/h2-12,14H,13H2,1H3,(H,24,28)/t14-/m1/s1. The lowest BCUT2D eigenvalue weighted by Crippen LogP contribution is -2.23. The zero-order valence-corrected chi connectivity index (χ0v) is 17.6. The predicted molar refractivity (Wildman–Crippen MR) is 116 cm³/mol. The molecule has 0 fully saturated rings. The van der Waals surface area contributed by atoms with Crippen LogP contribution in [0.3, 0.4) is 0 Å². The number of thioether (sulfide) groups is 1. The van der Waals surface area contributed by atoms with E-state index < -0.39 is 5.25 Å². The number of rotatable bonds is 7. The van der Waals surface area contributed by atoms with Crippen LogP contribution in [0.15, 0.2) is 76.8 Å². The third kappa shape index (κ3) is 4.72. The molecule has 0 saturated carbocycles. The number of hydrogen-bond donors (Lipinski definition) is 1. The van der Waals surface area contributed by atoms with Gasteiger partial charge in [-0.2, -0.15) is 0 Å². The molecule has 1 atom stereocenters. The van der Waals surface area contributed by atoms with Crippen molar-refractivity contribution in [3.63, 3.8) is 0 Å². The highest BCUT2D eigenvalue weighted by Gasteiger charge is 2.22. The van der Waals surface area contributed by atoms with Crippen LogP contribution in [-0.2, 0) is 11.3 Å². The summed E-state index contributed by atoms with van der Waals surface area (Å²) < 4.78 is 7.43. The Hall–Kier alpha value is -3.10. The Morgan fingerprint density at radius 1 is 1.20 bits per heavy atom. The number of anilines is 1. The molecule has 4 rings (SSSR count). The van der Waals surface area contributed by atoms with Crippen molar-refractivity contribution in [3.8, 4) is 11.4 Å². The van der Waals surface area contributed by atoms with Crippen LogP contribution in [0, 0.1) is 0 Å². The summed E-state index contributed by atoms with van der Waals surface area (Å²) in [5.74, 6) is 1.28. The molecule has 0 aliphatic carbocycles. The van der Waals surface area contributed by atoms with Gasteiger partial charge < -0.3 is 9.73 Å². The molecule has 0 saturated heterocycles. The van der Waals surface area contributed by atoms with Gasteiger partial charge in [0.2, 0.25) is 5.91 Å². The molecule has 1 aromatic carbocycles. The van der Waals surface area contributed by atoms with Crippen LogP contribution in [0.1, 0.15) is 12.7 Å². The molecule has 0 aliphatic heterocycles. The molecular weight excluding hydrogens is 422 g/mol. The average molecular weight is 440 g/mol. The van der Waals surface area contributed by atoms with Crippen molar-refractivity contribution in [2.45, 2.75) is 23.9 Å². The quantitative estimate of drug-likeness (QED) is 0.418. The Kier molecular flexibility index (Phi) is 6.15. The van der Waals surface area contributed by atoms with Gasteiger partial charge in [0.1, 0.15) is 5.76 Å². The molecule has 152 valence electrons. The van der Waals surface area contributed by atoms with Gasteiger partial charge >= 0.3 is 0 Å². The normalized spacial score (nSPS) is 11.9. The van der Waals surface area contributed by atoms with E-state index in [0.29, 0.717) is 28.2 Å². The second kappa shape index (κ2) is 9.15. The van der Waals surface area contributed by atoms with Gasteiger partial charge in [-0.1, -0.05) is 23.4 Å². The van der Waals surface area contributed by atoms with E-state index in [1.807, 2.05) is 35.8 Å². The molecule has 30 heavy (non-hydrogen) atoms. The predicted octanol–water partition coefficient (Wildman–Crippen LogP) is 4.75. The monoisotopic (exact) mass is 439 g/mol. The highest BCUT2D eigenvalue weighted by atomic mass is 35.5. The summed E-state index contributed by atoms with van der Waals surface area (Å²) in [6.45, 7) is 2.27. The Morgan fingerprint density at radius 2 is 2.03 bits per heavy atom. The maximum absolute atomic E-state index is 12.7. The number of nitrogens with one attached hydrogen (secondary N) is 1. The zero-order chi connectivity index (χ0) is 20.9. The molecule has 0 spiro atoms. The van der Waals surface area contributed by atoms with E-state index >= 15 is 0 Å². The fourth-order valence-corrected chi connectivity index (χ4v) is 3.75. The SMILES string of the molecule is C[C@@H](Sc1nnc(-c2cccnc2)n1Cc1ccco1)C(=O)Nc1ccc(Cl)cc1. The molecule has 1 N–H and O–H groups in total. The lowest BCUT2D eigenvalue weighted by Gasteiger charge is -2.13. The highest BCUT2D eigenvalue weighted by Crippen LogP contribution is 2.28. The summed E-state index contributed by atoms with van der Waals surface area (Å²) >= 11 is 7.23. The molecule has 0 aliphatic rings. The number of carbonyl (C=O) groups excluding carboxylic acids is 1. The molecule has 0 bridgehead atoms. The number of hydrogen-bond acceptors (Lipinski definition) is 6. The Morgan fingerprint density at radius 3 is 2.73 bits per heavy atom. The van der Waals surface area contributed by atoms with Crippen LogP contribution in [0.2, 0.25) is 5.02 Å². The van der Waals surface area contributed by atoms with Crippen molar-refractivity contribution in [2.75, 3.05) is 5.32 Å². The maximum atomic E-state index is 12.7. The third-order valence-electron chi connectivity index (χ3n) is 4.29. The van der Waals surface area contributed by atoms with E-state index in [4.69, 9.17) is 16.0 Å². The minimum atomic E-state index is -0.401. The van der Waals surface area contributed by atoms with Gasteiger partial charge in [0.05, 0.1) is 18.1 Å². The van der Waals surface area contributed by atoms with E-state index in [1.165, 1.54) is 11.8 Å². The highest BCUT2D eigenvalue weighted by molar-refractivity contribution is 8.00. The van der Waals surface area contributed by atoms with Crippen LogP contribution < -0.4 is 5.32 Å². The maximum Gasteiger partial charge on any atom is 0.237 e. The Bertz CT molecular complexity index is 1110. The summed E-state index contributed by atoms with van der Waals surface area (Å²) in [5.41, 5.74) is 1.52. The fraction of sp³-hybridized carbons (Fsp3) is 0.143. The van der Waals surface area contributed by atoms with Crippen LogP contribution in [-0.4, -0.2) is 30.9 Å². The molecular formula is C21H18ClN5O2S. The second-order valence-corrected chi connectivity index (χ2v) is 8.21. The minimum absolute atomic E-state index is 0.141. The topological polar surface area (TPSA) is 85.8 Å². The number of carbonyl (C=O) groups is 1. The smallest absolute Gasteiger partial charge is 0.237 e. The summed E-state index contributed by atoms with van der Waals surface area (Å²) in [6, 6.07) is 14.5. The molecule has 1 amide bonds. The molecule has 3 aromatic heterocycles. The van der Waals surface area contributed by atoms with E-state index in [1.54, 1.807) is 42.9 Å². The van der Waals surface area contributed by atoms with E-state index in [2.05, 4.69) is 20.5 Å². The lowest BCUT2D eigenvalue weighted by molar-refractivity contribution is -0.115. The molecule has 9 heteroatoms. The van der Waals surface area contributed by atoms with Crippen molar-refractivity contribution < 1.29 is 9.21 Å². The summed E-state index contributed by atoms with van der Waals surface area (Å²) in [7, 11) is 0. The van der Waals surface area contributed by atoms with Crippen LogP contribution in [0.25, 0.3) is 11.4 Å². The van der Waals surface area contributed by atoms with Crippen molar-refractivity contribution in [1.82, 2.24) is 19.7 Å². The first kappa shape index (κ1) is 20.2. The molecule has 0 radical (unpaired) electrons. The van der Waals surface area contributed by atoms with Gasteiger partial charge in [-0.05, 0) is 55.5 Å². The summed E-state index contributed by atoms with van der Waals surface area (Å²) in [5, 5.41) is 12.4. The number of halogens is 1. The van der Waals surface area contributed by atoms with E-state index in [9.17, 15) is 4.79 Å². The van der Waals surface area contributed by atoms with Gasteiger partial charge in [0.25, 0.3) is 0 Å². The molecule has 4 aromatic rings. The van der Waals surface area contributed by atoms with Crippen LogP contribution >= 0.6 is 23.4 Å². The third-order valence-corrected chi connectivity index (χ3v) is 5.63. The van der Waals surface area contributed by atoms with Gasteiger partial charge in [0.15, 0.2) is 11.0 Å². The average Bonchev–Trinajstić information content (AvgIpc) is 3.41. The van der Waals surface area contributed by atoms with Gasteiger partial charge in [-0.25, -0.2) is 0 Å². The number of benzene rings is 1. The zero-order valence-electron chi connectivity index (χ0n) is 16.0. The number of aromatic nitrogens is 4. The fourth-order valence-electron chi connectivity index (χ4n) is 2.77. The van der Waals surface area contributed by atoms with Crippen molar-refractivity contribution in [1.29, 1.82) is 0 Å². The van der Waals surface area contributed by atoms with E-state index in [-0.39, 0.29) is 5.91 Å². The summed E-state index contributed by atoms with van der Waals surface area (Å²) in [6.07, 6.45) is 5.06. The number of pyridine rings is 1. The van der Waals surface area contributed by atoms with Crippen molar-refractivity contribution in [2.24, 2.45) is 0 Å². The second-order valence-electron chi connectivity index (χ2n) is 6.47. The van der Waals surface area contributed by atoms with Crippen molar-refractivity contribution in [3.05, 3.63) is 78.0 Å². The van der Waals surface area contributed by atoms with E-state index in [0.717, 1.165) is 11.3 Å². The number of nitrogens with zero attached hydrogens (tertiary/aromatic N) is 4.